The molecule has 1 aliphatic rings. The van der Waals surface area contributed by atoms with Gasteiger partial charge in [0.15, 0.2) is 0 Å². The summed E-state index contributed by atoms with van der Waals surface area (Å²) < 4.78 is 9.89. The average Bonchev–Trinajstić information content (AvgIpc) is 2.75. The first-order valence-electron chi connectivity index (χ1n) is 5.60. The van der Waals surface area contributed by atoms with Gasteiger partial charge in [-0.1, -0.05) is 13.8 Å². The van der Waals surface area contributed by atoms with Crippen molar-refractivity contribution in [2.45, 2.75) is 38.8 Å². The van der Waals surface area contributed by atoms with E-state index in [4.69, 9.17) is 4.74 Å². The zero-order valence-electron chi connectivity index (χ0n) is 9.99. The zero-order chi connectivity index (χ0) is 12.1. The Hall–Kier alpha value is -1.10. The number of esters is 2. The van der Waals surface area contributed by atoms with E-state index in [2.05, 4.69) is 10.1 Å². The molecule has 0 aromatic carbocycles. The van der Waals surface area contributed by atoms with Crippen molar-refractivity contribution in [2.75, 3.05) is 13.7 Å². The van der Waals surface area contributed by atoms with Gasteiger partial charge in [0.1, 0.15) is 12.1 Å². The third-order valence-electron chi connectivity index (χ3n) is 2.87. The van der Waals surface area contributed by atoms with Gasteiger partial charge in [0.05, 0.1) is 13.0 Å². The van der Waals surface area contributed by atoms with E-state index in [9.17, 15) is 9.59 Å². The van der Waals surface area contributed by atoms with Crippen LogP contribution in [0.5, 0.6) is 0 Å². The summed E-state index contributed by atoms with van der Waals surface area (Å²) >= 11 is 0. The Kier molecular flexibility index (Phi) is 4.73. The summed E-state index contributed by atoms with van der Waals surface area (Å²) in [7, 11) is 1.35. The van der Waals surface area contributed by atoms with Crippen molar-refractivity contribution >= 4 is 11.9 Å². The Morgan fingerprint density at radius 2 is 2.19 bits per heavy atom. The van der Waals surface area contributed by atoms with Crippen LogP contribution in [0.25, 0.3) is 0 Å². The van der Waals surface area contributed by atoms with Gasteiger partial charge >= 0.3 is 11.9 Å². The monoisotopic (exact) mass is 229 g/mol. The van der Waals surface area contributed by atoms with Crippen molar-refractivity contribution in [3.05, 3.63) is 0 Å². The normalized spacial score (nSPS) is 26.2. The van der Waals surface area contributed by atoms with Gasteiger partial charge in [-0.2, -0.15) is 0 Å². The van der Waals surface area contributed by atoms with Crippen molar-refractivity contribution in [3.8, 4) is 0 Å². The maximum absolute atomic E-state index is 11.5. The van der Waals surface area contributed by atoms with Crippen LogP contribution < -0.4 is 5.32 Å². The van der Waals surface area contributed by atoms with Gasteiger partial charge in [-0.15, -0.1) is 0 Å². The standard InChI is InChI=1S/C11H19NO4/c1-4-7(2)10(13)16-8-5-9(12-6-8)11(14)15-3/h7-9,12H,4-6H2,1-3H3. The second kappa shape index (κ2) is 5.84. The van der Waals surface area contributed by atoms with Crippen LogP contribution in [0.4, 0.5) is 0 Å². The summed E-state index contributed by atoms with van der Waals surface area (Å²) in [6.07, 6.45) is 1.04. The number of carbonyl (C=O) groups excluding carboxylic acids is 2. The van der Waals surface area contributed by atoms with Crippen LogP contribution in [0.2, 0.25) is 0 Å². The Bertz CT molecular complexity index is 267. The smallest absolute Gasteiger partial charge is 0.323 e. The number of rotatable bonds is 4. The quantitative estimate of drug-likeness (QED) is 0.710. The second-order valence-corrected chi connectivity index (χ2v) is 4.09. The highest BCUT2D eigenvalue weighted by atomic mass is 16.5. The molecule has 5 heteroatoms. The van der Waals surface area contributed by atoms with E-state index in [0.717, 1.165) is 6.42 Å². The van der Waals surface area contributed by atoms with E-state index in [1.165, 1.54) is 7.11 Å². The van der Waals surface area contributed by atoms with Gasteiger partial charge in [-0.25, -0.2) is 0 Å². The van der Waals surface area contributed by atoms with Crippen LogP contribution in [0.15, 0.2) is 0 Å². The highest BCUT2D eigenvalue weighted by molar-refractivity contribution is 5.76. The molecule has 0 radical (unpaired) electrons. The molecule has 1 rings (SSSR count). The Morgan fingerprint density at radius 3 is 2.75 bits per heavy atom. The SMILES string of the molecule is CCC(C)C(=O)OC1CNC(C(=O)OC)C1. The molecule has 1 N–H and O–H groups in total. The highest BCUT2D eigenvalue weighted by Crippen LogP contribution is 2.14. The summed E-state index contributed by atoms with van der Waals surface area (Å²) in [6, 6.07) is -0.347. The summed E-state index contributed by atoms with van der Waals surface area (Å²) in [4.78, 5) is 22.7. The first-order valence-corrected chi connectivity index (χ1v) is 5.60. The lowest BCUT2D eigenvalue weighted by Crippen LogP contribution is -2.31. The molecular weight excluding hydrogens is 210 g/mol. The lowest BCUT2D eigenvalue weighted by Gasteiger charge is -2.14. The molecule has 3 unspecified atom stereocenters. The maximum Gasteiger partial charge on any atom is 0.323 e. The van der Waals surface area contributed by atoms with Crippen molar-refractivity contribution in [3.63, 3.8) is 0 Å². The minimum Gasteiger partial charge on any atom is -0.468 e. The highest BCUT2D eigenvalue weighted by Gasteiger charge is 2.32. The summed E-state index contributed by atoms with van der Waals surface area (Å²) in [6.45, 7) is 4.29. The van der Waals surface area contributed by atoms with Crippen LogP contribution in [0.3, 0.4) is 0 Å². The third-order valence-corrected chi connectivity index (χ3v) is 2.87. The predicted octanol–water partition coefficient (Wildman–Crippen LogP) is 0.479. The number of hydrogen-bond acceptors (Lipinski definition) is 5. The van der Waals surface area contributed by atoms with Crippen LogP contribution >= 0.6 is 0 Å². The lowest BCUT2D eigenvalue weighted by atomic mass is 10.1. The molecule has 5 nitrogen and oxygen atoms in total. The van der Waals surface area contributed by atoms with E-state index < -0.39 is 0 Å². The number of nitrogens with one attached hydrogen (secondary N) is 1. The largest absolute Gasteiger partial charge is 0.468 e. The van der Waals surface area contributed by atoms with Gasteiger partial charge in [-0.3, -0.25) is 9.59 Å². The second-order valence-electron chi connectivity index (χ2n) is 4.09. The summed E-state index contributed by atoms with van der Waals surface area (Å²) in [5, 5.41) is 2.97. The van der Waals surface area contributed by atoms with Crippen molar-refractivity contribution in [1.82, 2.24) is 5.32 Å². The Labute approximate surface area is 95.5 Å². The molecule has 0 aliphatic carbocycles. The molecule has 92 valence electrons. The van der Waals surface area contributed by atoms with Gasteiger partial charge in [0.25, 0.3) is 0 Å². The summed E-state index contributed by atoms with van der Waals surface area (Å²) in [5.41, 5.74) is 0. The van der Waals surface area contributed by atoms with Gasteiger partial charge in [-0.05, 0) is 6.42 Å². The molecular formula is C11H19NO4. The van der Waals surface area contributed by atoms with E-state index in [-0.39, 0.29) is 30.0 Å². The molecule has 0 saturated carbocycles. The van der Waals surface area contributed by atoms with Crippen LogP contribution in [-0.2, 0) is 19.1 Å². The topological polar surface area (TPSA) is 64.6 Å². The zero-order valence-corrected chi connectivity index (χ0v) is 9.99. The van der Waals surface area contributed by atoms with E-state index >= 15 is 0 Å². The molecule has 1 aliphatic heterocycles. The minimum absolute atomic E-state index is 0.0859. The first kappa shape index (κ1) is 13.0. The van der Waals surface area contributed by atoms with Gasteiger partial charge in [0, 0.05) is 13.0 Å². The molecule has 1 saturated heterocycles. The fraction of sp³-hybridized carbons (Fsp3) is 0.818. The summed E-state index contributed by atoms with van der Waals surface area (Å²) in [5.74, 6) is -0.584. The predicted molar refractivity (Wildman–Crippen MR) is 57.8 cm³/mol. The van der Waals surface area contributed by atoms with Gasteiger partial charge < -0.3 is 14.8 Å². The molecule has 1 fully saturated rings. The average molecular weight is 229 g/mol. The van der Waals surface area contributed by atoms with Gasteiger partial charge in [0.2, 0.25) is 0 Å². The molecule has 0 spiro atoms. The number of carbonyl (C=O) groups is 2. The molecule has 0 bridgehead atoms. The molecule has 16 heavy (non-hydrogen) atoms. The number of methoxy groups -OCH3 is 1. The molecule has 0 aromatic heterocycles. The lowest BCUT2D eigenvalue weighted by molar-refractivity contribution is -0.153. The van der Waals surface area contributed by atoms with Crippen molar-refractivity contribution < 1.29 is 19.1 Å². The molecule has 1 heterocycles. The van der Waals surface area contributed by atoms with Crippen LogP contribution in [0.1, 0.15) is 26.7 Å². The molecule has 3 atom stereocenters. The van der Waals surface area contributed by atoms with E-state index in [1.807, 2.05) is 13.8 Å². The number of hydrogen-bond donors (Lipinski definition) is 1. The third kappa shape index (κ3) is 3.20. The molecule has 0 amide bonds. The van der Waals surface area contributed by atoms with E-state index in [0.29, 0.717) is 13.0 Å². The maximum atomic E-state index is 11.5. The van der Waals surface area contributed by atoms with Crippen molar-refractivity contribution in [2.24, 2.45) is 5.92 Å². The van der Waals surface area contributed by atoms with Crippen LogP contribution in [-0.4, -0.2) is 37.7 Å². The van der Waals surface area contributed by atoms with Crippen molar-refractivity contribution in [1.29, 1.82) is 0 Å². The fourth-order valence-corrected chi connectivity index (χ4v) is 1.56. The van der Waals surface area contributed by atoms with Crippen LogP contribution in [0, 0.1) is 5.92 Å². The fourth-order valence-electron chi connectivity index (χ4n) is 1.56. The Morgan fingerprint density at radius 1 is 1.50 bits per heavy atom. The van der Waals surface area contributed by atoms with E-state index in [1.54, 1.807) is 0 Å². The molecule has 0 aromatic rings. The Balaban J connectivity index is 2.37. The first-order chi connectivity index (χ1) is 7.58. The number of ether oxygens (including phenoxy) is 2. The minimum atomic E-state index is -0.347.